The monoisotopic (exact) mass is 243 g/mol. The summed E-state index contributed by atoms with van der Waals surface area (Å²) in [5.74, 6) is -0.383. The number of nitrogens with one attached hydrogen (secondary N) is 1. The standard InChI is InChI=1S/C11H9N5O2/c17-11(18)7-2-4-12-10-9(7)14-8(15-10)6-16-5-1-3-13-16/h1-5H,6H2,(H,17,18)(H,12,14,15). The normalized spacial score (nSPS) is 10.9. The molecule has 0 aliphatic heterocycles. The molecular formula is C11H9N5O2. The molecule has 7 heteroatoms. The lowest BCUT2D eigenvalue weighted by Gasteiger charge is -1.96. The largest absolute Gasteiger partial charge is 0.478 e. The second-order valence-corrected chi connectivity index (χ2v) is 3.75. The van der Waals surface area contributed by atoms with Gasteiger partial charge in [-0.25, -0.2) is 14.8 Å². The highest BCUT2D eigenvalue weighted by Gasteiger charge is 2.13. The highest BCUT2D eigenvalue weighted by molar-refractivity contribution is 5.99. The number of aromatic amines is 1. The van der Waals surface area contributed by atoms with E-state index in [1.165, 1.54) is 12.3 Å². The Morgan fingerprint density at radius 2 is 2.33 bits per heavy atom. The molecule has 3 heterocycles. The topological polar surface area (TPSA) is 96.7 Å². The minimum Gasteiger partial charge on any atom is -0.478 e. The SMILES string of the molecule is O=C(O)c1ccnc2nc(Cn3cccn3)[nH]c12. The molecule has 0 aliphatic carbocycles. The van der Waals surface area contributed by atoms with Gasteiger partial charge in [0, 0.05) is 18.6 Å². The predicted molar refractivity (Wildman–Crippen MR) is 62.2 cm³/mol. The predicted octanol–water partition coefficient (Wildman–Crippen LogP) is 0.901. The van der Waals surface area contributed by atoms with E-state index in [4.69, 9.17) is 5.11 Å². The van der Waals surface area contributed by atoms with Gasteiger partial charge in [-0.15, -0.1) is 0 Å². The number of nitrogens with zero attached hydrogens (tertiary/aromatic N) is 4. The lowest BCUT2D eigenvalue weighted by atomic mass is 10.2. The zero-order chi connectivity index (χ0) is 12.5. The molecule has 0 atom stereocenters. The molecule has 18 heavy (non-hydrogen) atoms. The van der Waals surface area contributed by atoms with Crippen molar-refractivity contribution in [3.8, 4) is 0 Å². The average Bonchev–Trinajstić information content (AvgIpc) is 2.96. The summed E-state index contributed by atoms with van der Waals surface area (Å²) in [6.45, 7) is 0.447. The maximum absolute atomic E-state index is 11.0. The third-order valence-electron chi connectivity index (χ3n) is 2.54. The van der Waals surface area contributed by atoms with Gasteiger partial charge in [-0.3, -0.25) is 4.68 Å². The summed E-state index contributed by atoms with van der Waals surface area (Å²) in [4.78, 5) is 22.3. The van der Waals surface area contributed by atoms with Crippen LogP contribution < -0.4 is 0 Å². The number of carboxylic acid groups (broad SMARTS) is 1. The zero-order valence-electron chi connectivity index (χ0n) is 9.24. The minimum atomic E-state index is -1.00. The molecule has 0 amide bonds. The van der Waals surface area contributed by atoms with Crippen LogP contribution in [0.25, 0.3) is 11.2 Å². The van der Waals surface area contributed by atoms with Crippen molar-refractivity contribution in [1.29, 1.82) is 0 Å². The van der Waals surface area contributed by atoms with Crippen LogP contribution in [0.1, 0.15) is 16.2 Å². The van der Waals surface area contributed by atoms with Gasteiger partial charge in [-0.2, -0.15) is 5.10 Å². The van der Waals surface area contributed by atoms with Gasteiger partial charge in [0.15, 0.2) is 5.65 Å². The molecule has 0 spiro atoms. The van der Waals surface area contributed by atoms with Crippen LogP contribution >= 0.6 is 0 Å². The molecule has 0 unspecified atom stereocenters. The van der Waals surface area contributed by atoms with Crippen LogP contribution in [-0.4, -0.2) is 35.8 Å². The van der Waals surface area contributed by atoms with Gasteiger partial charge >= 0.3 is 5.97 Å². The molecule has 0 saturated heterocycles. The van der Waals surface area contributed by atoms with Crippen molar-refractivity contribution in [3.05, 3.63) is 42.1 Å². The number of hydrogen-bond acceptors (Lipinski definition) is 4. The van der Waals surface area contributed by atoms with E-state index in [0.717, 1.165) is 0 Å². The van der Waals surface area contributed by atoms with Crippen molar-refractivity contribution in [1.82, 2.24) is 24.7 Å². The van der Waals surface area contributed by atoms with Gasteiger partial charge < -0.3 is 10.1 Å². The minimum absolute atomic E-state index is 0.166. The first-order valence-electron chi connectivity index (χ1n) is 5.28. The average molecular weight is 243 g/mol. The molecule has 0 aromatic carbocycles. The summed E-state index contributed by atoms with van der Waals surface area (Å²) in [6, 6.07) is 3.25. The van der Waals surface area contributed by atoms with Gasteiger partial charge in [0.25, 0.3) is 0 Å². The summed E-state index contributed by atoms with van der Waals surface area (Å²) in [5, 5.41) is 13.1. The summed E-state index contributed by atoms with van der Waals surface area (Å²) >= 11 is 0. The molecule has 0 aliphatic rings. The Morgan fingerprint density at radius 1 is 1.44 bits per heavy atom. The molecule has 0 bridgehead atoms. The molecule has 3 aromatic heterocycles. The molecule has 2 N–H and O–H groups in total. The second kappa shape index (κ2) is 3.95. The molecule has 0 fully saturated rings. The Hall–Kier alpha value is -2.70. The fourth-order valence-electron chi connectivity index (χ4n) is 1.76. The van der Waals surface area contributed by atoms with E-state index in [1.807, 2.05) is 6.07 Å². The molecule has 0 saturated carbocycles. The Labute approximate surface area is 101 Å². The Balaban J connectivity index is 2.05. The number of carbonyl (C=O) groups is 1. The van der Waals surface area contributed by atoms with Crippen molar-refractivity contribution in [2.45, 2.75) is 6.54 Å². The summed E-state index contributed by atoms with van der Waals surface area (Å²) in [6.07, 6.45) is 4.91. The quantitative estimate of drug-likeness (QED) is 0.712. The maximum atomic E-state index is 11.0. The lowest BCUT2D eigenvalue weighted by molar-refractivity contribution is 0.0698. The van der Waals surface area contributed by atoms with E-state index in [-0.39, 0.29) is 5.56 Å². The number of aromatic carboxylic acids is 1. The number of H-pyrrole nitrogens is 1. The first-order valence-corrected chi connectivity index (χ1v) is 5.28. The Bertz CT molecular complexity index is 701. The highest BCUT2D eigenvalue weighted by Crippen LogP contribution is 2.14. The number of fused-ring (bicyclic) bond motifs is 1. The van der Waals surface area contributed by atoms with Gasteiger partial charge in [0.1, 0.15) is 5.82 Å². The van der Waals surface area contributed by atoms with Crippen molar-refractivity contribution in [2.24, 2.45) is 0 Å². The van der Waals surface area contributed by atoms with Crippen molar-refractivity contribution < 1.29 is 9.90 Å². The van der Waals surface area contributed by atoms with Crippen LogP contribution in [0.15, 0.2) is 30.7 Å². The van der Waals surface area contributed by atoms with E-state index in [1.54, 1.807) is 17.1 Å². The van der Waals surface area contributed by atoms with E-state index in [2.05, 4.69) is 20.1 Å². The Kier molecular flexibility index (Phi) is 2.30. The van der Waals surface area contributed by atoms with Gasteiger partial charge in [-0.05, 0) is 12.1 Å². The van der Waals surface area contributed by atoms with Crippen LogP contribution in [0.4, 0.5) is 0 Å². The third-order valence-corrected chi connectivity index (χ3v) is 2.54. The van der Waals surface area contributed by atoms with E-state index < -0.39 is 5.97 Å². The molecule has 3 aromatic rings. The van der Waals surface area contributed by atoms with Crippen molar-refractivity contribution in [2.75, 3.05) is 0 Å². The van der Waals surface area contributed by atoms with Crippen LogP contribution in [-0.2, 0) is 6.54 Å². The third kappa shape index (κ3) is 1.71. The number of aromatic nitrogens is 5. The van der Waals surface area contributed by atoms with Crippen molar-refractivity contribution >= 4 is 17.1 Å². The fraction of sp³-hybridized carbons (Fsp3) is 0.0909. The van der Waals surface area contributed by atoms with Gasteiger partial charge in [-0.1, -0.05) is 0 Å². The number of imidazole rings is 1. The maximum Gasteiger partial charge on any atom is 0.338 e. The molecule has 3 rings (SSSR count). The summed E-state index contributed by atoms with van der Waals surface area (Å²) in [5.41, 5.74) is 1.00. The summed E-state index contributed by atoms with van der Waals surface area (Å²) < 4.78 is 1.69. The zero-order valence-corrected chi connectivity index (χ0v) is 9.24. The first kappa shape index (κ1) is 10.5. The molecular weight excluding hydrogens is 234 g/mol. The van der Waals surface area contributed by atoms with Crippen LogP contribution in [0.3, 0.4) is 0 Å². The molecule has 7 nitrogen and oxygen atoms in total. The summed E-state index contributed by atoms with van der Waals surface area (Å²) in [7, 11) is 0. The lowest BCUT2D eigenvalue weighted by Crippen LogP contribution is -2.01. The Morgan fingerprint density at radius 3 is 3.06 bits per heavy atom. The van der Waals surface area contributed by atoms with Crippen molar-refractivity contribution in [3.63, 3.8) is 0 Å². The number of pyridine rings is 1. The van der Waals surface area contributed by atoms with Crippen LogP contribution in [0.2, 0.25) is 0 Å². The second-order valence-electron chi connectivity index (χ2n) is 3.75. The number of rotatable bonds is 3. The first-order chi connectivity index (χ1) is 8.74. The molecule has 90 valence electrons. The number of carboxylic acids is 1. The highest BCUT2D eigenvalue weighted by atomic mass is 16.4. The smallest absolute Gasteiger partial charge is 0.338 e. The van der Waals surface area contributed by atoms with Crippen LogP contribution in [0.5, 0.6) is 0 Å². The number of hydrogen-bond donors (Lipinski definition) is 2. The van der Waals surface area contributed by atoms with Gasteiger partial charge in [0.05, 0.1) is 17.6 Å². The molecule has 0 radical (unpaired) electrons. The van der Waals surface area contributed by atoms with E-state index in [0.29, 0.717) is 23.5 Å². The fourth-order valence-corrected chi connectivity index (χ4v) is 1.76. The van der Waals surface area contributed by atoms with E-state index >= 15 is 0 Å². The van der Waals surface area contributed by atoms with Crippen LogP contribution in [0, 0.1) is 0 Å². The van der Waals surface area contributed by atoms with E-state index in [9.17, 15) is 4.79 Å². The van der Waals surface area contributed by atoms with Gasteiger partial charge in [0.2, 0.25) is 0 Å².